The highest BCUT2D eigenvalue weighted by Crippen LogP contribution is 2.44. The highest BCUT2D eigenvalue weighted by Gasteiger charge is 2.31. The molecule has 1 rings (SSSR count). The molecular weight excluding hydrogens is 152 g/mol. The zero-order valence-corrected chi connectivity index (χ0v) is 7.81. The topological polar surface area (TPSA) is 37.3 Å². The van der Waals surface area contributed by atoms with Crippen LogP contribution in [0.25, 0.3) is 0 Å². The molecule has 0 radical (unpaired) electrons. The Morgan fingerprint density at radius 3 is 2.42 bits per heavy atom. The van der Waals surface area contributed by atoms with E-state index in [1.165, 1.54) is 25.7 Å². The summed E-state index contributed by atoms with van der Waals surface area (Å²) >= 11 is 0. The van der Waals surface area contributed by atoms with Crippen LogP contribution in [0.1, 0.15) is 51.9 Å². The van der Waals surface area contributed by atoms with Crippen LogP contribution in [0.4, 0.5) is 0 Å². The normalized spacial score (nSPS) is 21.1. The van der Waals surface area contributed by atoms with Gasteiger partial charge in [-0.15, -0.1) is 0 Å². The van der Waals surface area contributed by atoms with E-state index in [9.17, 15) is 4.79 Å². The van der Waals surface area contributed by atoms with E-state index in [0.717, 1.165) is 12.8 Å². The van der Waals surface area contributed by atoms with Gasteiger partial charge in [0, 0.05) is 6.42 Å². The number of carboxylic acids is 1. The van der Waals surface area contributed by atoms with E-state index in [1.54, 1.807) is 0 Å². The minimum atomic E-state index is -0.644. The minimum Gasteiger partial charge on any atom is -0.481 e. The maximum absolute atomic E-state index is 10.4. The first-order valence-corrected chi connectivity index (χ1v) is 4.90. The first-order chi connectivity index (χ1) is 5.68. The standard InChI is InChI=1S/C10H18O2/c1-2-10(6-3-4-7-10)8-5-9(11)12/h2-8H2,1H3,(H,11,12). The lowest BCUT2D eigenvalue weighted by atomic mass is 9.79. The third-order valence-corrected chi connectivity index (χ3v) is 3.28. The Bertz CT molecular complexity index is 157. The lowest BCUT2D eigenvalue weighted by molar-refractivity contribution is -0.137. The van der Waals surface area contributed by atoms with E-state index in [0.29, 0.717) is 11.8 Å². The molecule has 1 saturated carbocycles. The number of rotatable bonds is 4. The van der Waals surface area contributed by atoms with Gasteiger partial charge in [-0.25, -0.2) is 0 Å². The average molecular weight is 170 g/mol. The van der Waals surface area contributed by atoms with E-state index >= 15 is 0 Å². The van der Waals surface area contributed by atoms with Crippen LogP contribution in [0.5, 0.6) is 0 Å². The van der Waals surface area contributed by atoms with Crippen molar-refractivity contribution in [1.82, 2.24) is 0 Å². The second-order valence-electron chi connectivity index (χ2n) is 3.95. The predicted octanol–water partition coefficient (Wildman–Crippen LogP) is 2.82. The molecule has 0 heterocycles. The van der Waals surface area contributed by atoms with Crippen LogP contribution < -0.4 is 0 Å². The second kappa shape index (κ2) is 3.92. The molecule has 0 aromatic carbocycles. The van der Waals surface area contributed by atoms with Crippen molar-refractivity contribution in [2.45, 2.75) is 51.9 Å². The van der Waals surface area contributed by atoms with Crippen molar-refractivity contribution in [3.63, 3.8) is 0 Å². The maximum Gasteiger partial charge on any atom is 0.303 e. The van der Waals surface area contributed by atoms with Crippen LogP contribution in [0, 0.1) is 5.41 Å². The van der Waals surface area contributed by atoms with E-state index in [4.69, 9.17) is 5.11 Å². The van der Waals surface area contributed by atoms with Crippen LogP contribution >= 0.6 is 0 Å². The molecule has 2 heteroatoms. The largest absolute Gasteiger partial charge is 0.481 e. The third kappa shape index (κ3) is 2.23. The van der Waals surface area contributed by atoms with Gasteiger partial charge in [-0.3, -0.25) is 4.79 Å². The number of hydrogen-bond donors (Lipinski definition) is 1. The molecule has 2 nitrogen and oxygen atoms in total. The molecule has 1 N–H and O–H groups in total. The number of carboxylic acid groups (broad SMARTS) is 1. The molecule has 12 heavy (non-hydrogen) atoms. The summed E-state index contributed by atoms with van der Waals surface area (Å²) in [7, 11) is 0. The monoisotopic (exact) mass is 170 g/mol. The van der Waals surface area contributed by atoms with E-state index in [-0.39, 0.29) is 0 Å². The van der Waals surface area contributed by atoms with E-state index < -0.39 is 5.97 Å². The summed E-state index contributed by atoms with van der Waals surface area (Å²) in [6.45, 7) is 2.19. The van der Waals surface area contributed by atoms with Crippen molar-refractivity contribution in [2.75, 3.05) is 0 Å². The number of aliphatic carboxylic acids is 1. The Kier molecular flexibility index (Phi) is 3.12. The molecule has 0 aliphatic heterocycles. The van der Waals surface area contributed by atoms with Gasteiger partial charge >= 0.3 is 5.97 Å². The predicted molar refractivity (Wildman–Crippen MR) is 48.1 cm³/mol. The molecule has 0 atom stereocenters. The lowest BCUT2D eigenvalue weighted by Gasteiger charge is -2.26. The molecule has 0 bridgehead atoms. The van der Waals surface area contributed by atoms with Crippen molar-refractivity contribution in [3.8, 4) is 0 Å². The Hall–Kier alpha value is -0.530. The average Bonchev–Trinajstić information content (AvgIpc) is 2.50. The Labute approximate surface area is 74.0 Å². The molecule has 0 spiro atoms. The Balaban J connectivity index is 2.39. The molecule has 0 unspecified atom stereocenters. The fraction of sp³-hybridized carbons (Fsp3) is 0.900. The molecule has 1 fully saturated rings. The van der Waals surface area contributed by atoms with Gasteiger partial charge in [-0.2, -0.15) is 0 Å². The first kappa shape index (κ1) is 9.56. The van der Waals surface area contributed by atoms with Crippen LogP contribution in [-0.2, 0) is 4.79 Å². The van der Waals surface area contributed by atoms with Crippen LogP contribution in [-0.4, -0.2) is 11.1 Å². The van der Waals surface area contributed by atoms with Gasteiger partial charge in [0.25, 0.3) is 0 Å². The van der Waals surface area contributed by atoms with Gasteiger partial charge in [-0.1, -0.05) is 26.2 Å². The fourth-order valence-electron chi connectivity index (χ4n) is 2.28. The number of hydrogen-bond acceptors (Lipinski definition) is 1. The van der Waals surface area contributed by atoms with Crippen LogP contribution in [0.15, 0.2) is 0 Å². The first-order valence-electron chi connectivity index (χ1n) is 4.90. The Morgan fingerprint density at radius 2 is 2.00 bits per heavy atom. The van der Waals surface area contributed by atoms with Gasteiger partial charge in [0.1, 0.15) is 0 Å². The van der Waals surface area contributed by atoms with Crippen molar-refractivity contribution in [1.29, 1.82) is 0 Å². The summed E-state index contributed by atoms with van der Waals surface area (Å²) < 4.78 is 0. The minimum absolute atomic E-state index is 0.355. The van der Waals surface area contributed by atoms with Crippen molar-refractivity contribution >= 4 is 5.97 Å². The zero-order chi connectivity index (χ0) is 9.03. The molecule has 0 saturated heterocycles. The summed E-state index contributed by atoms with van der Waals surface area (Å²) in [6, 6.07) is 0. The molecule has 1 aliphatic rings. The van der Waals surface area contributed by atoms with Crippen molar-refractivity contribution < 1.29 is 9.90 Å². The molecule has 0 aromatic rings. The lowest BCUT2D eigenvalue weighted by Crippen LogP contribution is -2.16. The van der Waals surface area contributed by atoms with Gasteiger partial charge in [0.2, 0.25) is 0 Å². The smallest absolute Gasteiger partial charge is 0.303 e. The van der Waals surface area contributed by atoms with Crippen LogP contribution in [0.3, 0.4) is 0 Å². The number of carbonyl (C=O) groups is 1. The summed E-state index contributed by atoms with van der Waals surface area (Å²) in [5, 5.41) is 8.58. The van der Waals surface area contributed by atoms with Crippen LogP contribution in [0.2, 0.25) is 0 Å². The van der Waals surface area contributed by atoms with Gasteiger partial charge in [-0.05, 0) is 24.7 Å². The highest BCUT2D eigenvalue weighted by atomic mass is 16.4. The quantitative estimate of drug-likeness (QED) is 0.704. The highest BCUT2D eigenvalue weighted by molar-refractivity contribution is 5.66. The zero-order valence-electron chi connectivity index (χ0n) is 7.81. The summed E-state index contributed by atoms with van der Waals surface area (Å²) in [5.74, 6) is -0.644. The van der Waals surface area contributed by atoms with Gasteiger partial charge < -0.3 is 5.11 Å². The van der Waals surface area contributed by atoms with Crippen molar-refractivity contribution in [3.05, 3.63) is 0 Å². The summed E-state index contributed by atoms with van der Waals surface area (Å²) in [5.41, 5.74) is 0.387. The van der Waals surface area contributed by atoms with Crippen molar-refractivity contribution in [2.24, 2.45) is 5.41 Å². The Morgan fingerprint density at radius 1 is 1.42 bits per heavy atom. The molecule has 0 aromatic heterocycles. The van der Waals surface area contributed by atoms with E-state index in [2.05, 4.69) is 6.92 Å². The molecule has 70 valence electrons. The molecule has 0 amide bonds. The maximum atomic E-state index is 10.4. The third-order valence-electron chi connectivity index (χ3n) is 3.28. The fourth-order valence-corrected chi connectivity index (χ4v) is 2.28. The SMILES string of the molecule is CCC1(CCC(=O)O)CCCC1. The summed E-state index contributed by atoms with van der Waals surface area (Å²) in [6.07, 6.45) is 7.49. The molecular formula is C10H18O2. The molecule has 1 aliphatic carbocycles. The van der Waals surface area contributed by atoms with E-state index in [1.807, 2.05) is 0 Å². The summed E-state index contributed by atoms with van der Waals surface area (Å²) in [4.78, 5) is 10.4. The van der Waals surface area contributed by atoms with Gasteiger partial charge in [0.05, 0.1) is 0 Å². The second-order valence-corrected chi connectivity index (χ2v) is 3.95. The van der Waals surface area contributed by atoms with Gasteiger partial charge in [0.15, 0.2) is 0 Å².